The maximum absolute atomic E-state index is 14.1. The fraction of sp³-hybridized carbons (Fsp3) is 0.318. The molecule has 2 aromatic carbocycles. The zero-order valence-electron chi connectivity index (χ0n) is 15.9. The number of piperidine rings is 1. The van der Waals surface area contributed by atoms with Gasteiger partial charge in [0.2, 0.25) is 0 Å². The Morgan fingerprint density at radius 1 is 1.17 bits per heavy atom. The molecule has 2 heterocycles. The fourth-order valence-electron chi connectivity index (χ4n) is 4.36. The molecular formula is C22H22Cl2FN3O. The number of benzene rings is 2. The van der Waals surface area contributed by atoms with E-state index in [-0.39, 0.29) is 17.3 Å². The van der Waals surface area contributed by atoms with Crippen LogP contribution in [0.25, 0.3) is 0 Å². The summed E-state index contributed by atoms with van der Waals surface area (Å²) in [5, 5.41) is 3.69. The molecule has 152 valence electrons. The van der Waals surface area contributed by atoms with Crippen LogP contribution in [0.3, 0.4) is 0 Å². The molecule has 1 N–H and O–H groups in total. The molecule has 0 aliphatic carbocycles. The van der Waals surface area contributed by atoms with E-state index in [4.69, 9.17) is 23.2 Å². The lowest BCUT2D eigenvalue weighted by Crippen LogP contribution is -2.46. The van der Waals surface area contributed by atoms with Crippen molar-refractivity contribution in [2.24, 2.45) is 0 Å². The smallest absolute Gasteiger partial charge is 0.307 e. The van der Waals surface area contributed by atoms with Gasteiger partial charge in [-0.05, 0) is 67.9 Å². The van der Waals surface area contributed by atoms with Crippen molar-refractivity contribution in [3.63, 3.8) is 0 Å². The van der Waals surface area contributed by atoms with E-state index in [1.54, 1.807) is 35.2 Å². The Morgan fingerprint density at radius 2 is 1.93 bits per heavy atom. The Morgan fingerprint density at radius 3 is 2.62 bits per heavy atom. The Balaban J connectivity index is 1.60. The number of carbonyl (C=O) groups is 1. The van der Waals surface area contributed by atoms with Gasteiger partial charge in [0.1, 0.15) is 5.82 Å². The lowest BCUT2D eigenvalue weighted by Gasteiger charge is -2.39. The third-order valence-corrected chi connectivity index (χ3v) is 6.64. The molecule has 1 saturated heterocycles. The number of hydrogen-bond acceptors (Lipinski definition) is 2. The third kappa shape index (κ3) is 3.87. The maximum atomic E-state index is 14.1. The van der Waals surface area contributed by atoms with Crippen molar-refractivity contribution in [3.05, 3.63) is 70.5 Å². The van der Waals surface area contributed by atoms with Crippen LogP contribution >= 0.6 is 23.2 Å². The Bertz CT molecular complexity index is 957. The van der Waals surface area contributed by atoms with Crippen LogP contribution in [0.4, 0.5) is 20.6 Å². The molecule has 0 atom stereocenters. The highest BCUT2D eigenvalue weighted by atomic mass is 35.5. The van der Waals surface area contributed by atoms with E-state index >= 15 is 0 Å². The molecule has 0 aromatic heterocycles. The van der Waals surface area contributed by atoms with Gasteiger partial charge in [-0.2, -0.15) is 0 Å². The molecule has 2 amide bonds. The highest BCUT2D eigenvalue weighted by molar-refractivity contribution is 6.42. The van der Waals surface area contributed by atoms with Gasteiger partial charge in [-0.25, -0.2) is 9.18 Å². The number of carbonyl (C=O) groups excluding carboxylic acids is 1. The monoisotopic (exact) mass is 433 g/mol. The van der Waals surface area contributed by atoms with Gasteiger partial charge in [-0.1, -0.05) is 29.3 Å². The molecule has 29 heavy (non-hydrogen) atoms. The van der Waals surface area contributed by atoms with Crippen LogP contribution in [0.5, 0.6) is 0 Å². The van der Waals surface area contributed by atoms with Crippen LogP contribution in [0.1, 0.15) is 18.4 Å². The molecule has 1 fully saturated rings. The number of anilines is 2. The minimum absolute atomic E-state index is 0.232. The topological polar surface area (TPSA) is 35.6 Å². The largest absolute Gasteiger partial charge is 0.326 e. The number of rotatable bonds is 3. The summed E-state index contributed by atoms with van der Waals surface area (Å²) in [7, 11) is 0. The minimum atomic E-state index is -0.275. The number of likely N-dealkylation sites (tertiary alicyclic amines) is 1. The number of nitrogens with one attached hydrogen (secondary N) is 1. The van der Waals surface area contributed by atoms with E-state index < -0.39 is 0 Å². The van der Waals surface area contributed by atoms with Gasteiger partial charge in [-0.15, -0.1) is 6.58 Å². The van der Waals surface area contributed by atoms with Crippen LogP contribution in [0.15, 0.2) is 49.1 Å². The van der Waals surface area contributed by atoms with Crippen molar-refractivity contribution in [1.82, 2.24) is 4.90 Å². The predicted molar refractivity (Wildman–Crippen MR) is 117 cm³/mol. The second kappa shape index (κ2) is 7.98. The van der Waals surface area contributed by atoms with E-state index in [0.717, 1.165) is 43.7 Å². The van der Waals surface area contributed by atoms with Crippen LogP contribution in [-0.2, 0) is 5.41 Å². The van der Waals surface area contributed by atoms with Crippen LogP contribution in [0, 0.1) is 5.82 Å². The van der Waals surface area contributed by atoms with E-state index in [0.29, 0.717) is 22.3 Å². The van der Waals surface area contributed by atoms with E-state index in [9.17, 15) is 9.18 Å². The maximum Gasteiger partial charge on any atom is 0.326 e. The SMILES string of the molecule is C=CCN1CCC2(CC1)CN(C(=O)Nc1ccc(Cl)c(Cl)c1)c1ccc(F)cc12. The predicted octanol–water partition coefficient (Wildman–Crippen LogP) is 5.70. The number of halogens is 3. The van der Waals surface area contributed by atoms with Gasteiger partial charge in [-0.3, -0.25) is 9.80 Å². The standard InChI is InChI=1S/C22H22Cl2FN3O/c1-2-9-27-10-7-22(8-11-27)14-28(20-6-3-15(25)12-17(20)22)21(29)26-16-4-5-18(23)19(24)13-16/h2-6,12-13H,1,7-11,14H2,(H,26,29). The summed E-state index contributed by atoms with van der Waals surface area (Å²) in [6.45, 7) is 6.96. The summed E-state index contributed by atoms with van der Waals surface area (Å²) >= 11 is 12.0. The lowest BCUT2D eigenvalue weighted by molar-refractivity contribution is 0.180. The second-order valence-electron chi connectivity index (χ2n) is 7.68. The number of fused-ring (bicyclic) bond motifs is 2. The van der Waals surface area contributed by atoms with Crippen molar-refractivity contribution in [2.45, 2.75) is 18.3 Å². The van der Waals surface area contributed by atoms with E-state index in [2.05, 4.69) is 16.8 Å². The van der Waals surface area contributed by atoms with Crippen LogP contribution < -0.4 is 10.2 Å². The lowest BCUT2D eigenvalue weighted by atomic mass is 9.74. The van der Waals surface area contributed by atoms with Gasteiger partial charge in [0.15, 0.2) is 0 Å². The molecule has 0 radical (unpaired) electrons. The normalized spacial score (nSPS) is 18.0. The molecule has 4 rings (SSSR count). The van der Waals surface area contributed by atoms with Gasteiger partial charge in [0.25, 0.3) is 0 Å². The number of amides is 2. The first-order valence-corrected chi connectivity index (χ1v) is 10.3. The molecule has 0 unspecified atom stereocenters. The van der Waals surface area contributed by atoms with E-state index in [1.807, 2.05) is 6.08 Å². The average Bonchev–Trinajstić information content (AvgIpc) is 3.01. The summed E-state index contributed by atoms with van der Waals surface area (Å²) in [6.07, 6.45) is 3.64. The van der Waals surface area contributed by atoms with Crippen molar-refractivity contribution in [3.8, 4) is 0 Å². The first-order chi connectivity index (χ1) is 13.9. The van der Waals surface area contributed by atoms with Crippen molar-refractivity contribution < 1.29 is 9.18 Å². The Hall–Kier alpha value is -2.08. The summed E-state index contributed by atoms with van der Waals surface area (Å²) < 4.78 is 14.1. The average molecular weight is 434 g/mol. The van der Waals surface area contributed by atoms with E-state index in [1.165, 1.54) is 6.07 Å². The minimum Gasteiger partial charge on any atom is -0.307 e. The molecular weight excluding hydrogens is 412 g/mol. The molecule has 2 aromatic rings. The molecule has 2 aliphatic rings. The molecule has 1 spiro atoms. The van der Waals surface area contributed by atoms with Crippen LogP contribution in [0.2, 0.25) is 10.0 Å². The fourth-order valence-corrected chi connectivity index (χ4v) is 4.66. The number of nitrogens with zero attached hydrogens (tertiary/aromatic N) is 2. The molecule has 0 saturated carbocycles. The summed E-state index contributed by atoms with van der Waals surface area (Å²) in [5.41, 5.74) is 2.01. The summed E-state index contributed by atoms with van der Waals surface area (Å²) in [5.74, 6) is -0.275. The first-order valence-electron chi connectivity index (χ1n) is 9.59. The molecule has 0 bridgehead atoms. The first kappa shape index (κ1) is 20.2. The van der Waals surface area contributed by atoms with Gasteiger partial charge >= 0.3 is 6.03 Å². The van der Waals surface area contributed by atoms with Crippen molar-refractivity contribution in [2.75, 3.05) is 36.4 Å². The van der Waals surface area contributed by atoms with Crippen molar-refractivity contribution in [1.29, 1.82) is 0 Å². The van der Waals surface area contributed by atoms with Crippen molar-refractivity contribution >= 4 is 40.6 Å². The molecule has 7 heteroatoms. The Kier molecular flexibility index (Phi) is 5.56. The number of urea groups is 1. The Labute approximate surface area is 179 Å². The third-order valence-electron chi connectivity index (χ3n) is 5.90. The zero-order valence-corrected chi connectivity index (χ0v) is 17.4. The number of hydrogen-bond donors (Lipinski definition) is 1. The molecule has 2 aliphatic heterocycles. The highest BCUT2D eigenvalue weighted by Gasteiger charge is 2.46. The van der Waals surface area contributed by atoms with Gasteiger partial charge < -0.3 is 5.32 Å². The summed E-state index contributed by atoms with van der Waals surface area (Å²) in [6, 6.07) is 9.40. The van der Waals surface area contributed by atoms with Gasteiger partial charge in [0, 0.05) is 29.9 Å². The van der Waals surface area contributed by atoms with Gasteiger partial charge in [0.05, 0.1) is 10.0 Å². The quantitative estimate of drug-likeness (QED) is 0.629. The van der Waals surface area contributed by atoms with Crippen LogP contribution in [-0.4, -0.2) is 37.1 Å². The zero-order chi connectivity index (χ0) is 20.6. The highest BCUT2D eigenvalue weighted by Crippen LogP contribution is 2.47. The second-order valence-corrected chi connectivity index (χ2v) is 8.49. The molecule has 4 nitrogen and oxygen atoms in total. The summed E-state index contributed by atoms with van der Waals surface area (Å²) in [4.78, 5) is 17.1.